The molecule has 1 saturated heterocycles. The third-order valence-corrected chi connectivity index (χ3v) is 4.44. The van der Waals surface area contributed by atoms with Crippen LogP contribution in [0.1, 0.15) is 45.7 Å². The van der Waals surface area contributed by atoms with Gasteiger partial charge in [-0.25, -0.2) is 4.98 Å². The van der Waals surface area contributed by atoms with Gasteiger partial charge in [-0.15, -0.1) is 0 Å². The molecule has 0 amide bonds. The largest absolute Gasteiger partial charge is 0.356 e. The minimum absolute atomic E-state index is 0.363. The molecule has 1 aromatic heterocycles. The number of aromatic nitrogens is 1. The van der Waals surface area contributed by atoms with Gasteiger partial charge in [0.2, 0.25) is 0 Å². The van der Waals surface area contributed by atoms with Crippen LogP contribution < -0.4 is 10.2 Å². The molecule has 1 fully saturated rings. The van der Waals surface area contributed by atoms with Crippen molar-refractivity contribution in [3.8, 4) is 0 Å². The average Bonchev–Trinajstić information content (AvgIpc) is 2.87. The Hall–Kier alpha value is -1.09. The predicted octanol–water partition coefficient (Wildman–Crippen LogP) is 3.23. The molecule has 0 bridgehead atoms. The van der Waals surface area contributed by atoms with Crippen molar-refractivity contribution in [2.45, 2.75) is 40.2 Å². The standard InChI is InChI=1S/C16H27N3/c1-12(17-5)13-6-7-15(18-10-13)19-9-8-14(11-19)16(2,3)4/h6-7,10,12,14,17H,8-9,11H2,1-5H3. The first kappa shape index (κ1) is 14.3. The van der Waals surface area contributed by atoms with Crippen molar-refractivity contribution in [1.29, 1.82) is 0 Å². The summed E-state index contributed by atoms with van der Waals surface area (Å²) in [5.74, 6) is 1.89. The summed E-state index contributed by atoms with van der Waals surface area (Å²) in [7, 11) is 1.98. The zero-order chi connectivity index (χ0) is 14.0. The van der Waals surface area contributed by atoms with Crippen molar-refractivity contribution < 1.29 is 0 Å². The van der Waals surface area contributed by atoms with Crippen LogP contribution in [0.2, 0.25) is 0 Å². The lowest BCUT2D eigenvalue weighted by Gasteiger charge is -2.27. The van der Waals surface area contributed by atoms with E-state index in [0.717, 1.165) is 24.8 Å². The van der Waals surface area contributed by atoms with Crippen molar-refractivity contribution in [3.63, 3.8) is 0 Å². The fourth-order valence-corrected chi connectivity index (χ4v) is 2.68. The summed E-state index contributed by atoms with van der Waals surface area (Å²) in [6.07, 6.45) is 3.28. The molecule has 3 heteroatoms. The van der Waals surface area contributed by atoms with E-state index in [1.165, 1.54) is 12.0 Å². The molecule has 19 heavy (non-hydrogen) atoms. The van der Waals surface area contributed by atoms with Crippen molar-refractivity contribution in [2.24, 2.45) is 11.3 Å². The van der Waals surface area contributed by atoms with Crippen molar-refractivity contribution in [1.82, 2.24) is 10.3 Å². The highest BCUT2D eigenvalue weighted by Crippen LogP contribution is 2.35. The Kier molecular flexibility index (Phi) is 4.14. The maximum atomic E-state index is 4.63. The number of nitrogens with one attached hydrogen (secondary N) is 1. The molecule has 3 nitrogen and oxygen atoms in total. The van der Waals surface area contributed by atoms with Crippen LogP contribution in [0, 0.1) is 11.3 Å². The fourth-order valence-electron chi connectivity index (χ4n) is 2.68. The Balaban J connectivity index is 2.04. The van der Waals surface area contributed by atoms with Gasteiger partial charge in [0.1, 0.15) is 5.82 Å². The van der Waals surface area contributed by atoms with Gasteiger partial charge >= 0.3 is 0 Å². The second-order valence-corrected chi connectivity index (χ2v) is 6.76. The summed E-state index contributed by atoms with van der Waals surface area (Å²) in [4.78, 5) is 7.05. The number of anilines is 1. The molecule has 106 valence electrons. The number of rotatable bonds is 3. The molecule has 1 aliphatic heterocycles. The van der Waals surface area contributed by atoms with E-state index in [4.69, 9.17) is 0 Å². The Labute approximate surface area is 117 Å². The SMILES string of the molecule is CNC(C)c1ccc(N2CCC(C(C)(C)C)C2)nc1. The van der Waals surface area contributed by atoms with E-state index in [2.05, 4.69) is 55.0 Å². The summed E-state index contributed by atoms with van der Waals surface area (Å²) in [5.41, 5.74) is 1.65. The summed E-state index contributed by atoms with van der Waals surface area (Å²) in [6.45, 7) is 11.4. The molecule has 0 radical (unpaired) electrons. The van der Waals surface area contributed by atoms with E-state index < -0.39 is 0 Å². The van der Waals surface area contributed by atoms with E-state index in [1.807, 2.05) is 13.2 Å². The molecule has 2 unspecified atom stereocenters. The van der Waals surface area contributed by atoms with Crippen LogP contribution >= 0.6 is 0 Å². The zero-order valence-electron chi connectivity index (χ0n) is 12.9. The van der Waals surface area contributed by atoms with Gasteiger partial charge in [-0.1, -0.05) is 26.8 Å². The molecular formula is C16H27N3. The van der Waals surface area contributed by atoms with Gasteiger partial charge in [0, 0.05) is 25.3 Å². The highest BCUT2D eigenvalue weighted by Gasteiger charge is 2.32. The van der Waals surface area contributed by atoms with E-state index in [1.54, 1.807) is 0 Å². The Morgan fingerprint density at radius 2 is 2.11 bits per heavy atom. The Morgan fingerprint density at radius 1 is 1.37 bits per heavy atom. The molecule has 1 aliphatic rings. The third kappa shape index (κ3) is 3.27. The molecule has 1 N–H and O–H groups in total. The lowest BCUT2D eigenvalue weighted by molar-refractivity contribution is 0.263. The van der Waals surface area contributed by atoms with Gasteiger partial charge in [-0.3, -0.25) is 0 Å². The summed E-state index contributed by atoms with van der Waals surface area (Å²) >= 11 is 0. The van der Waals surface area contributed by atoms with Crippen LogP contribution in [0.25, 0.3) is 0 Å². The van der Waals surface area contributed by atoms with Gasteiger partial charge in [-0.05, 0) is 43.4 Å². The summed E-state index contributed by atoms with van der Waals surface area (Å²) < 4.78 is 0. The number of hydrogen-bond acceptors (Lipinski definition) is 3. The maximum absolute atomic E-state index is 4.63. The van der Waals surface area contributed by atoms with Gasteiger partial charge in [-0.2, -0.15) is 0 Å². The molecule has 2 atom stereocenters. The molecule has 2 rings (SSSR count). The van der Waals surface area contributed by atoms with Crippen LogP contribution in [0.5, 0.6) is 0 Å². The predicted molar refractivity (Wildman–Crippen MR) is 81.5 cm³/mol. The van der Waals surface area contributed by atoms with Crippen LogP contribution in [0.3, 0.4) is 0 Å². The highest BCUT2D eigenvalue weighted by atomic mass is 15.2. The zero-order valence-corrected chi connectivity index (χ0v) is 12.9. The monoisotopic (exact) mass is 261 g/mol. The molecule has 0 aromatic carbocycles. The highest BCUT2D eigenvalue weighted by molar-refractivity contribution is 5.41. The van der Waals surface area contributed by atoms with E-state index in [0.29, 0.717) is 11.5 Å². The lowest BCUT2D eigenvalue weighted by Crippen LogP contribution is -2.26. The van der Waals surface area contributed by atoms with Gasteiger partial charge < -0.3 is 10.2 Å². The van der Waals surface area contributed by atoms with Crippen molar-refractivity contribution >= 4 is 5.82 Å². The molecule has 1 aromatic rings. The first-order chi connectivity index (χ1) is 8.91. The normalized spacial score (nSPS) is 21.7. The van der Waals surface area contributed by atoms with Crippen LogP contribution in [-0.4, -0.2) is 25.1 Å². The second kappa shape index (κ2) is 5.49. The first-order valence-corrected chi connectivity index (χ1v) is 7.30. The van der Waals surface area contributed by atoms with Crippen molar-refractivity contribution in [3.05, 3.63) is 23.9 Å². The smallest absolute Gasteiger partial charge is 0.128 e. The van der Waals surface area contributed by atoms with Gasteiger partial charge in [0.15, 0.2) is 0 Å². The van der Waals surface area contributed by atoms with E-state index in [-0.39, 0.29) is 0 Å². The van der Waals surface area contributed by atoms with Crippen LogP contribution in [0.4, 0.5) is 5.82 Å². The molecule has 0 spiro atoms. The minimum atomic E-state index is 0.363. The summed E-state index contributed by atoms with van der Waals surface area (Å²) in [6, 6.07) is 4.71. The van der Waals surface area contributed by atoms with Crippen molar-refractivity contribution in [2.75, 3.05) is 25.0 Å². The quantitative estimate of drug-likeness (QED) is 0.905. The molecule has 0 saturated carbocycles. The van der Waals surface area contributed by atoms with Gasteiger partial charge in [0.05, 0.1) is 0 Å². The van der Waals surface area contributed by atoms with Crippen LogP contribution in [0.15, 0.2) is 18.3 Å². The molecule has 0 aliphatic carbocycles. The third-order valence-electron chi connectivity index (χ3n) is 4.44. The lowest BCUT2D eigenvalue weighted by atomic mass is 9.80. The van der Waals surface area contributed by atoms with E-state index in [9.17, 15) is 0 Å². The summed E-state index contributed by atoms with van der Waals surface area (Å²) in [5, 5.41) is 3.24. The van der Waals surface area contributed by atoms with Crippen LogP contribution in [-0.2, 0) is 0 Å². The topological polar surface area (TPSA) is 28.2 Å². The Bertz CT molecular complexity index is 405. The number of pyridine rings is 1. The first-order valence-electron chi connectivity index (χ1n) is 7.30. The molecular weight excluding hydrogens is 234 g/mol. The Morgan fingerprint density at radius 3 is 2.58 bits per heavy atom. The number of hydrogen-bond donors (Lipinski definition) is 1. The number of nitrogens with zero attached hydrogens (tertiary/aromatic N) is 2. The van der Waals surface area contributed by atoms with E-state index >= 15 is 0 Å². The average molecular weight is 261 g/mol. The minimum Gasteiger partial charge on any atom is -0.356 e. The molecule has 2 heterocycles. The van der Waals surface area contributed by atoms with Gasteiger partial charge in [0.25, 0.3) is 0 Å². The second-order valence-electron chi connectivity index (χ2n) is 6.76. The maximum Gasteiger partial charge on any atom is 0.128 e. The fraction of sp³-hybridized carbons (Fsp3) is 0.688.